The Hall–Kier alpha value is -2.41. The van der Waals surface area contributed by atoms with Gasteiger partial charge in [-0.05, 0) is 45.6 Å². The van der Waals surface area contributed by atoms with Gasteiger partial charge in [0, 0.05) is 32.8 Å². The minimum atomic E-state index is 0.305. The van der Waals surface area contributed by atoms with Gasteiger partial charge in [0.25, 0.3) is 0 Å². The van der Waals surface area contributed by atoms with E-state index in [4.69, 9.17) is 9.73 Å². The zero-order valence-electron chi connectivity index (χ0n) is 17.6. The second-order valence-electron chi connectivity index (χ2n) is 6.93. The maximum absolute atomic E-state index is 5.41. The van der Waals surface area contributed by atoms with Gasteiger partial charge in [0.2, 0.25) is 0 Å². The number of aromatic nitrogens is 3. The average Bonchev–Trinajstić information content (AvgIpc) is 3.03. The van der Waals surface area contributed by atoms with Crippen LogP contribution < -0.4 is 10.6 Å². The summed E-state index contributed by atoms with van der Waals surface area (Å²) < 4.78 is 7.38. The van der Waals surface area contributed by atoms with E-state index in [0.717, 1.165) is 56.6 Å². The first-order valence-corrected chi connectivity index (χ1v) is 10.1. The van der Waals surface area contributed by atoms with E-state index >= 15 is 0 Å². The molecule has 0 fully saturated rings. The molecule has 0 saturated heterocycles. The molecule has 0 amide bonds. The van der Waals surface area contributed by atoms with Crippen molar-refractivity contribution in [2.45, 2.75) is 52.6 Å². The topological polar surface area (TPSA) is 76.4 Å². The summed E-state index contributed by atoms with van der Waals surface area (Å²) in [7, 11) is 1.96. The van der Waals surface area contributed by atoms with Crippen LogP contribution in [-0.4, -0.2) is 46.5 Å². The fourth-order valence-corrected chi connectivity index (χ4v) is 2.75. The number of hydrogen-bond acceptors (Lipinski definition) is 4. The lowest BCUT2D eigenvalue weighted by molar-refractivity contribution is 0.145. The van der Waals surface area contributed by atoms with E-state index in [1.54, 1.807) is 0 Å². The van der Waals surface area contributed by atoms with Gasteiger partial charge in [-0.3, -0.25) is 0 Å². The van der Waals surface area contributed by atoms with Gasteiger partial charge in [0.1, 0.15) is 12.4 Å². The second kappa shape index (κ2) is 12.1. The minimum Gasteiger partial charge on any atom is -0.382 e. The molecule has 0 aliphatic heterocycles. The Labute approximate surface area is 168 Å². The molecular formula is C21H34N6O. The van der Waals surface area contributed by atoms with Gasteiger partial charge in [0.15, 0.2) is 11.8 Å². The molecule has 2 aromatic rings. The number of guanidine groups is 1. The molecule has 28 heavy (non-hydrogen) atoms. The molecule has 0 spiro atoms. The molecule has 0 radical (unpaired) electrons. The molecule has 154 valence electrons. The van der Waals surface area contributed by atoms with Gasteiger partial charge >= 0.3 is 0 Å². The van der Waals surface area contributed by atoms with Crippen molar-refractivity contribution in [3.8, 4) is 0 Å². The Bertz CT molecular complexity index is 713. The second-order valence-corrected chi connectivity index (χ2v) is 6.93. The fraction of sp³-hybridized carbons (Fsp3) is 0.571. The van der Waals surface area contributed by atoms with E-state index in [9.17, 15) is 0 Å². The quantitative estimate of drug-likeness (QED) is 0.353. The molecule has 0 saturated carbocycles. The summed E-state index contributed by atoms with van der Waals surface area (Å²) in [6, 6.07) is 10.9. The zero-order chi connectivity index (χ0) is 20.2. The highest BCUT2D eigenvalue weighted by Gasteiger charge is 2.08. The molecule has 7 heteroatoms. The molecule has 0 bridgehead atoms. The molecule has 1 unspecified atom stereocenters. The number of benzene rings is 1. The number of nitrogens with zero attached hydrogens (tertiary/aromatic N) is 4. The Kier molecular flexibility index (Phi) is 9.48. The first-order valence-electron chi connectivity index (χ1n) is 10.1. The predicted octanol–water partition coefficient (Wildman–Crippen LogP) is 2.61. The van der Waals surface area contributed by atoms with E-state index in [2.05, 4.69) is 58.1 Å². The van der Waals surface area contributed by atoms with Gasteiger partial charge in [-0.2, -0.15) is 0 Å². The first kappa shape index (κ1) is 21.9. The number of nitrogens with one attached hydrogen (secondary N) is 2. The van der Waals surface area contributed by atoms with Crippen LogP contribution in [-0.2, 0) is 24.8 Å². The minimum absolute atomic E-state index is 0.305. The lowest BCUT2D eigenvalue weighted by Gasteiger charge is -2.18. The van der Waals surface area contributed by atoms with Gasteiger partial charge in [-0.1, -0.05) is 30.3 Å². The summed E-state index contributed by atoms with van der Waals surface area (Å²) in [4.78, 5) is 4.71. The SMILES string of the molecule is CCOCCCNC(=NCc1nnc(C)n1C)NC(C)CCc1ccccc1. The van der Waals surface area contributed by atoms with Gasteiger partial charge in [-0.15, -0.1) is 10.2 Å². The third-order valence-electron chi connectivity index (χ3n) is 4.62. The van der Waals surface area contributed by atoms with Crippen LogP contribution in [0.2, 0.25) is 0 Å². The molecule has 2 N–H and O–H groups in total. The normalized spacial score (nSPS) is 12.8. The molecule has 0 aliphatic rings. The lowest BCUT2D eigenvalue weighted by Crippen LogP contribution is -2.43. The van der Waals surface area contributed by atoms with Crippen molar-refractivity contribution in [1.29, 1.82) is 0 Å². The summed E-state index contributed by atoms with van der Waals surface area (Å²) in [5, 5.41) is 15.2. The lowest BCUT2D eigenvalue weighted by atomic mass is 10.1. The van der Waals surface area contributed by atoms with E-state index < -0.39 is 0 Å². The third-order valence-corrected chi connectivity index (χ3v) is 4.62. The molecule has 0 aliphatic carbocycles. The highest BCUT2D eigenvalue weighted by Crippen LogP contribution is 2.05. The van der Waals surface area contributed by atoms with Crippen LogP contribution in [0.3, 0.4) is 0 Å². The van der Waals surface area contributed by atoms with Crippen molar-refractivity contribution in [1.82, 2.24) is 25.4 Å². The van der Waals surface area contributed by atoms with Crippen LogP contribution in [0.15, 0.2) is 35.3 Å². The molecule has 1 aromatic heterocycles. The molecule has 1 heterocycles. The smallest absolute Gasteiger partial charge is 0.191 e. The number of ether oxygens (including phenoxy) is 1. The highest BCUT2D eigenvalue weighted by atomic mass is 16.5. The first-order chi connectivity index (χ1) is 13.6. The number of aryl methyl sites for hydroxylation is 2. The summed E-state index contributed by atoms with van der Waals surface area (Å²) in [6.07, 6.45) is 3.01. The van der Waals surface area contributed by atoms with Crippen molar-refractivity contribution >= 4 is 5.96 Å². The number of rotatable bonds is 11. The highest BCUT2D eigenvalue weighted by molar-refractivity contribution is 5.80. The van der Waals surface area contributed by atoms with Crippen LogP contribution in [0, 0.1) is 6.92 Å². The average molecular weight is 387 g/mol. The molecule has 2 rings (SSSR count). The van der Waals surface area contributed by atoms with Gasteiger partial charge in [0.05, 0.1) is 0 Å². The monoisotopic (exact) mass is 386 g/mol. The van der Waals surface area contributed by atoms with E-state index in [1.807, 2.05) is 25.5 Å². The molecule has 1 atom stereocenters. The van der Waals surface area contributed by atoms with Crippen LogP contribution >= 0.6 is 0 Å². The maximum atomic E-state index is 5.41. The standard InChI is InChI=1S/C21H34N6O/c1-5-28-15-9-14-22-21(23-16-20-26-25-18(3)27(20)4)24-17(2)12-13-19-10-7-6-8-11-19/h6-8,10-11,17H,5,9,12-16H2,1-4H3,(H2,22,23,24). The van der Waals surface area contributed by atoms with Crippen molar-refractivity contribution in [3.05, 3.63) is 47.5 Å². The number of hydrogen-bond donors (Lipinski definition) is 2. The van der Waals surface area contributed by atoms with Crippen molar-refractivity contribution < 1.29 is 4.74 Å². The van der Waals surface area contributed by atoms with Gasteiger partial charge < -0.3 is 19.9 Å². The summed E-state index contributed by atoms with van der Waals surface area (Å²) >= 11 is 0. The van der Waals surface area contributed by atoms with Crippen LogP contribution in [0.25, 0.3) is 0 Å². The molecular weight excluding hydrogens is 352 g/mol. The number of aliphatic imine (C=N–C) groups is 1. The Morgan fingerprint density at radius 3 is 2.71 bits per heavy atom. The van der Waals surface area contributed by atoms with E-state index in [0.29, 0.717) is 12.6 Å². The van der Waals surface area contributed by atoms with Crippen LogP contribution in [0.5, 0.6) is 0 Å². The summed E-state index contributed by atoms with van der Waals surface area (Å²) in [5.74, 6) is 2.54. The maximum Gasteiger partial charge on any atom is 0.191 e. The van der Waals surface area contributed by atoms with E-state index in [1.165, 1.54) is 5.56 Å². The Morgan fingerprint density at radius 1 is 1.25 bits per heavy atom. The van der Waals surface area contributed by atoms with Crippen molar-refractivity contribution in [2.24, 2.45) is 12.0 Å². The largest absolute Gasteiger partial charge is 0.382 e. The van der Waals surface area contributed by atoms with Crippen LogP contribution in [0.1, 0.15) is 43.9 Å². The predicted molar refractivity (Wildman–Crippen MR) is 113 cm³/mol. The van der Waals surface area contributed by atoms with Crippen molar-refractivity contribution in [2.75, 3.05) is 19.8 Å². The summed E-state index contributed by atoms with van der Waals surface area (Å²) in [6.45, 7) is 8.95. The Morgan fingerprint density at radius 2 is 2.04 bits per heavy atom. The zero-order valence-corrected chi connectivity index (χ0v) is 17.6. The molecule has 1 aromatic carbocycles. The Balaban J connectivity index is 1.90. The fourth-order valence-electron chi connectivity index (χ4n) is 2.75. The van der Waals surface area contributed by atoms with Gasteiger partial charge in [-0.25, -0.2) is 4.99 Å². The van der Waals surface area contributed by atoms with E-state index in [-0.39, 0.29) is 0 Å². The molecule has 7 nitrogen and oxygen atoms in total. The third kappa shape index (κ3) is 7.68. The van der Waals surface area contributed by atoms with Crippen LogP contribution in [0.4, 0.5) is 0 Å². The van der Waals surface area contributed by atoms with Crippen molar-refractivity contribution in [3.63, 3.8) is 0 Å². The summed E-state index contributed by atoms with van der Waals surface area (Å²) in [5.41, 5.74) is 1.36.